The fraction of sp³-hybridized carbons (Fsp3) is 0.231. The van der Waals surface area contributed by atoms with E-state index in [9.17, 15) is 19.6 Å². The van der Waals surface area contributed by atoms with Crippen molar-refractivity contribution in [3.05, 3.63) is 182 Å². The summed E-state index contributed by atoms with van der Waals surface area (Å²) < 4.78 is 17.7. The van der Waals surface area contributed by atoms with Gasteiger partial charge in [-0.3, -0.25) is 14.5 Å². The monoisotopic (exact) mass is 892 g/mol. The van der Waals surface area contributed by atoms with Crippen molar-refractivity contribution in [3.63, 3.8) is 0 Å². The number of methoxy groups -OCH3 is 1. The van der Waals surface area contributed by atoms with Crippen LogP contribution in [0, 0.1) is 11.3 Å². The molecule has 0 aliphatic carbocycles. The first-order valence-corrected chi connectivity index (χ1v) is 21.8. The average molecular weight is 894 g/mol. The lowest BCUT2D eigenvalue weighted by Crippen LogP contribution is -2.55. The molecular weight excluding hydrogens is 847 g/mol. The Hall–Kier alpha value is -6.64. The van der Waals surface area contributed by atoms with Crippen LogP contribution in [0.5, 0.6) is 11.5 Å². The third-order valence-corrected chi connectivity index (χ3v) is 12.7. The number of fused-ring (bicyclic) bond motifs is 2. The molecule has 0 bridgehead atoms. The van der Waals surface area contributed by atoms with E-state index in [1.54, 1.807) is 36.2 Å². The lowest BCUT2D eigenvalue weighted by Gasteiger charge is -2.42. The zero-order chi connectivity index (χ0) is 44.9. The van der Waals surface area contributed by atoms with Crippen molar-refractivity contribution < 1.29 is 28.6 Å². The van der Waals surface area contributed by atoms with Gasteiger partial charge in [-0.15, -0.1) is 0 Å². The summed E-state index contributed by atoms with van der Waals surface area (Å²) in [4.78, 5) is 45.7. The standard InChI is InChI=1S/C52H46Cl2N4O6/c1-4-45(37-8-6-5-7-9-37)58-30-40-28-48-46(57(2)51(60)49(64-48)38-19-21-41(22-20-38)63-31-34-14-23-42(53)43(54)24-34)26-39(40)27-47(58)50(59)56-44(52(61)62-3)25-32-10-15-35(16-11-32)36-17-12-33(29-55)13-18-36/h5-24,26,28,44-45,47,49H,4,25,27,30-31H2,1-3H3,(H,56,59)/t44?,45-,47+,49-/m1/s1. The number of amides is 2. The number of rotatable bonds is 13. The van der Waals surface area contributed by atoms with E-state index in [-0.39, 0.29) is 24.3 Å². The fourth-order valence-electron chi connectivity index (χ4n) is 8.51. The van der Waals surface area contributed by atoms with Crippen LogP contribution < -0.4 is 19.7 Å². The number of likely N-dealkylation sites (N-methyl/N-ethyl adjacent to an activating group) is 1. The molecule has 0 fully saturated rings. The molecule has 2 aliphatic rings. The number of carbonyl (C=O) groups excluding carboxylic acids is 3. The molecule has 324 valence electrons. The van der Waals surface area contributed by atoms with Crippen molar-refractivity contribution in [2.24, 2.45) is 0 Å². The third-order valence-electron chi connectivity index (χ3n) is 12.0. The maximum absolute atomic E-state index is 14.7. The van der Waals surface area contributed by atoms with E-state index in [2.05, 4.69) is 35.3 Å². The lowest BCUT2D eigenvalue weighted by molar-refractivity contribution is -0.146. The van der Waals surface area contributed by atoms with Gasteiger partial charge < -0.3 is 24.4 Å². The van der Waals surface area contributed by atoms with Gasteiger partial charge in [-0.25, -0.2) is 4.79 Å². The molecule has 0 aromatic heterocycles. The number of halogens is 2. The molecule has 4 atom stereocenters. The number of carbonyl (C=O) groups is 3. The highest BCUT2D eigenvalue weighted by Crippen LogP contribution is 2.43. The summed E-state index contributed by atoms with van der Waals surface area (Å²) in [6.07, 6.45) is 0.398. The van der Waals surface area contributed by atoms with E-state index < -0.39 is 24.2 Å². The Kier molecular flexibility index (Phi) is 13.3. The first kappa shape index (κ1) is 44.0. The Bertz CT molecular complexity index is 2710. The maximum Gasteiger partial charge on any atom is 0.328 e. The second-order valence-corrected chi connectivity index (χ2v) is 16.8. The molecule has 10 nitrogen and oxygen atoms in total. The second-order valence-electron chi connectivity index (χ2n) is 16.0. The summed E-state index contributed by atoms with van der Waals surface area (Å²) in [5.41, 5.74) is 8.48. The zero-order valence-electron chi connectivity index (χ0n) is 35.6. The highest BCUT2D eigenvalue weighted by Gasteiger charge is 2.40. The van der Waals surface area contributed by atoms with E-state index in [0.717, 1.165) is 45.4 Å². The molecule has 6 aromatic rings. The SMILES string of the molecule is CC[C@H](c1ccccc1)N1Cc2cc3c(cc2C[C@H]1C(=O)NC(Cc1ccc(-c2ccc(C#N)cc2)cc1)C(=O)OC)N(C)C(=O)[C@@H](c1ccc(OCc2ccc(Cl)c(Cl)c2)cc1)O3. The molecular formula is C52H46Cl2N4O6. The summed E-state index contributed by atoms with van der Waals surface area (Å²) in [5.74, 6) is 0.111. The second kappa shape index (κ2) is 19.4. The summed E-state index contributed by atoms with van der Waals surface area (Å²) >= 11 is 12.2. The summed E-state index contributed by atoms with van der Waals surface area (Å²) in [5, 5.41) is 13.2. The van der Waals surface area contributed by atoms with Crippen molar-refractivity contribution in [1.82, 2.24) is 10.2 Å². The molecule has 0 radical (unpaired) electrons. The van der Waals surface area contributed by atoms with Crippen LogP contribution >= 0.6 is 23.2 Å². The molecule has 2 amide bonds. The molecule has 0 saturated carbocycles. The fourth-order valence-corrected chi connectivity index (χ4v) is 8.84. The Labute approximate surface area is 382 Å². The summed E-state index contributed by atoms with van der Waals surface area (Å²) in [6, 6.07) is 42.2. The van der Waals surface area contributed by atoms with Crippen molar-refractivity contribution in [3.8, 4) is 28.7 Å². The molecule has 1 unspecified atom stereocenters. The smallest absolute Gasteiger partial charge is 0.328 e. The van der Waals surface area contributed by atoms with Gasteiger partial charge in [0.2, 0.25) is 12.0 Å². The minimum absolute atomic E-state index is 0.122. The van der Waals surface area contributed by atoms with E-state index in [1.165, 1.54) is 7.11 Å². The van der Waals surface area contributed by atoms with Crippen molar-refractivity contribution >= 4 is 46.7 Å². The van der Waals surface area contributed by atoms with Crippen LogP contribution in [0.4, 0.5) is 5.69 Å². The predicted molar refractivity (Wildman–Crippen MR) is 247 cm³/mol. The topological polar surface area (TPSA) is 121 Å². The summed E-state index contributed by atoms with van der Waals surface area (Å²) in [6.45, 7) is 2.82. The number of anilines is 1. The third kappa shape index (κ3) is 9.48. The quantitative estimate of drug-likeness (QED) is 0.114. The first-order chi connectivity index (χ1) is 31.0. The van der Waals surface area contributed by atoms with Gasteiger partial charge in [0.25, 0.3) is 5.91 Å². The van der Waals surface area contributed by atoms with Crippen LogP contribution in [0.1, 0.15) is 64.4 Å². The lowest BCUT2D eigenvalue weighted by atomic mass is 9.88. The van der Waals surface area contributed by atoms with E-state index in [0.29, 0.717) is 57.9 Å². The Morgan fingerprint density at radius 3 is 2.20 bits per heavy atom. The molecule has 0 saturated heterocycles. The minimum Gasteiger partial charge on any atom is -0.489 e. The van der Waals surface area contributed by atoms with Gasteiger partial charge in [0.1, 0.15) is 24.1 Å². The zero-order valence-corrected chi connectivity index (χ0v) is 37.1. The molecule has 12 heteroatoms. The number of esters is 1. The summed E-state index contributed by atoms with van der Waals surface area (Å²) in [7, 11) is 3.05. The molecule has 8 rings (SSSR count). The molecule has 1 N–H and O–H groups in total. The largest absolute Gasteiger partial charge is 0.489 e. The molecule has 0 spiro atoms. The van der Waals surface area contributed by atoms with Gasteiger partial charge >= 0.3 is 5.97 Å². The Balaban J connectivity index is 1.03. The van der Waals surface area contributed by atoms with Crippen LogP contribution in [0.25, 0.3) is 11.1 Å². The van der Waals surface area contributed by atoms with Crippen LogP contribution in [0.15, 0.2) is 133 Å². The number of hydrogen-bond acceptors (Lipinski definition) is 8. The van der Waals surface area contributed by atoms with Gasteiger partial charge in [-0.1, -0.05) is 115 Å². The van der Waals surface area contributed by atoms with Crippen molar-refractivity contribution in [2.75, 3.05) is 19.1 Å². The highest BCUT2D eigenvalue weighted by atomic mass is 35.5. The van der Waals surface area contributed by atoms with Gasteiger partial charge in [0.05, 0.1) is 40.5 Å². The number of nitriles is 1. The number of nitrogens with one attached hydrogen (secondary N) is 1. The Morgan fingerprint density at radius 1 is 0.859 bits per heavy atom. The van der Waals surface area contributed by atoms with Gasteiger partial charge in [-0.05, 0) is 100 Å². The average Bonchev–Trinajstić information content (AvgIpc) is 3.33. The van der Waals surface area contributed by atoms with Crippen LogP contribution in [-0.4, -0.2) is 48.9 Å². The predicted octanol–water partition coefficient (Wildman–Crippen LogP) is 9.99. The number of benzene rings is 6. The van der Waals surface area contributed by atoms with E-state index in [1.807, 2.05) is 97.1 Å². The van der Waals surface area contributed by atoms with Crippen LogP contribution in [0.2, 0.25) is 10.0 Å². The van der Waals surface area contributed by atoms with Crippen molar-refractivity contribution in [2.45, 2.75) is 63.6 Å². The van der Waals surface area contributed by atoms with Gasteiger partial charge in [-0.2, -0.15) is 5.26 Å². The van der Waals surface area contributed by atoms with Crippen LogP contribution in [-0.2, 0) is 45.1 Å². The van der Waals surface area contributed by atoms with Gasteiger partial charge in [0.15, 0.2) is 0 Å². The highest BCUT2D eigenvalue weighted by molar-refractivity contribution is 6.42. The minimum atomic E-state index is -0.945. The molecule has 2 aliphatic heterocycles. The molecule has 64 heavy (non-hydrogen) atoms. The number of nitrogens with zero attached hydrogens (tertiary/aromatic N) is 3. The normalized spacial score (nSPS) is 16.6. The number of ether oxygens (including phenoxy) is 3. The van der Waals surface area contributed by atoms with Gasteiger partial charge in [0, 0.05) is 31.6 Å². The van der Waals surface area contributed by atoms with E-state index >= 15 is 0 Å². The van der Waals surface area contributed by atoms with E-state index in [4.69, 9.17) is 37.4 Å². The first-order valence-electron chi connectivity index (χ1n) is 21.1. The van der Waals surface area contributed by atoms with Crippen LogP contribution in [0.3, 0.4) is 0 Å². The molecule has 2 heterocycles. The van der Waals surface area contributed by atoms with Crippen molar-refractivity contribution in [1.29, 1.82) is 5.26 Å². The maximum atomic E-state index is 14.7. The Morgan fingerprint density at radius 2 is 1.55 bits per heavy atom. The molecule has 6 aromatic carbocycles. The number of hydrogen-bond donors (Lipinski definition) is 1.